The molecule has 3 aromatic rings. The summed E-state index contributed by atoms with van der Waals surface area (Å²) in [6, 6.07) is 7.43. The Morgan fingerprint density at radius 3 is 2.83 bits per heavy atom. The molecule has 90 valence electrons. The van der Waals surface area contributed by atoms with Crippen molar-refractivity contribution in [3.63, 3.8) is 0 Å². The van der Waals surface area contributed by atoms with Crippen molar-refractivity contribution < 1.29 is 0 Å². The van der Waals surface area contributed by atoms with Crippen molar-refractivity contribution in [1.82, 2.24) is 25.0 Å². The highest BCUT2D eigenvalue weighted by Gasteiger charge is 2.08. The smallest absolute Gasteiger partial charge is 0.280 e. The Morgan fingerprint density at radius 2 is 2.06 bits per heavy atom. The van der Waals surface area contributed by atoms with Crippen LogP contribution in [-0.4, -0.2) is 25.0 Å². The monoisotopic (exact) mass is 242 g/mol. The highest BCUT2D eigenvalue weighted by Crippen LogP contribution is 2.09. The van der Waals surface area contributed by atoms with Crippen LogP contribution in [0.1, 0.15) is 5.56 Å². The number of hydrogen-bond donors (Lipinski definition) is 2. The standard InChI is InChI=1S/C11H10N6O/c12-8-3-1-7(2-4-8)5-17-10-9(15-16-17)11(18)14-6-13-10/h1-4,6H,5,12H2,(H,13,14,18). The summed E-state index contributed by atoms with van der Waals surface area (Å²) in [7, 11) is 0. The Kier molecular flexibility index (Phi) is 2.30. The van der Waals surface area contributed by atoms with E-state index in [2.05, 4.69) is 20.3 Å². The van der Waals surface area contributed by atoms with Crippen molar-refractivity contribution >= 4 is 16.9 Å². The largest absolute Gasteiger partial charge is 0.399 e. The van der Waals surface area contributed by atoms with Crippen molar-refractivity contribution in [2.24, 2.45) is 0 Å². The molecule has 0 bridgehead atoms. The summed E-state index contributed by atoms with van der Waals surface area (Å²) in [5.41, 5.74) is 7.76. The Bertz CT molecular complexity index is 742. The average molecular weight is 242 g/mol. The van der Waals surface area contributed by atoms with Crippen LogP contribution in [0.25, 0.3) is 11.2 Å². The summed E-state index contributed by atoms with van der Waals surface area (Å²) in [5.74, 6) is 0. The number of aromatic amines is 1. The number of nitrogen functional groups attached to an aromatic ring is 1. The Morgan fingerprint density at radius 1 is 1.28 bits per heavy atom. The van der Waals surface area contributed by atoms with Crippen molar-refractivity contribution in [2.75, 3.05) is 5.73 Å². The zero-order valence-corrected chi connectivity index (χ0v) is 9.37. The van der Waals surface area contributed by atoms with Crippen molar-refractivity contribution in [2.45, 2.75) is 6.54 Å². The molecule has 0 saturated carbocycles. The average Bonchev–Trinajstić information content (AvgIpc) is 2.77. The zero-order valence-electron chi connectivity index (χ0n) is 9.37. The minimum absolute atomic E-state index is 0.243. The van der Waals surface area contributed by atoms with Gasteiger partial charge in [0.05, 0.1) is 12.9 Å². The van der Waals surface area contributed by atoms with E-state index in [-0.39, 0.29) is 11.1 Å². The second-order valence-electron chi connectivity index (χ2n) is 3.89. The van der Waals surface area contributed by atoms with E-state index in [4.69, 9.17) is 5.73 Å². The molecular formula is C11H10N6O. The summed E-state index contributed by atoms with van der Waals surface area (Å²) >= 11 is 0. The summed E-state index contributed by atoms with van der Waals surface area (Å²) in [6.45, 7) is 0.493. The lowest BCUT2D eigenvalue weighted by Crippen LogP contribution is -2.08. The van der Waals surface area contributed by atoms with Gasteiger partial charge in [0.15, 0.2) is 11.2 Å². The number of nitrogens with zero attached hydrogens (tertiary/aromatic N) is 4. The van der Waals surface area contributed by atoms with Gasteiger partial charge in [-0.2, -0.15) is 0 Å². The first-order chi connectivity index (χ1) is 8.74. The number of fused-ring (bicyclic) bond motifs is 1. The number of benzene rings is 1. The molecular weight excluding hydrogens is 232 g/mol. The summed E-state index contributed by atoms with van der Waals surface area (Å²) in [5, 5.41) is 7.74. The second-order valence-corrected chi connectivity index (χ2v) is 3.89. The molecule has 2 heterocycles. The normalized spacial score (nSPS) is 10.9. The molecule has 18 heavy (non-hydrogen) atoms. The molecule has 7 heteroatoms. The summed E-state index contributed by atoms with van der Waals surface area (Å²) in [4.78, 5) is 18.0. The number of rotatable bonds is 2. The number of nitrogens with one attached hydrogen (secondary N) is 1. The second kappa shape index (κ2) is 3.95. The highest BCUT2D eigenvalue weighted by molar-refractivity contribution is 5.67. The third-order valence-electron chi connectivity index (χ3n) is 2.62. The van der Waals surface area contributed by atoms with Crippen LogP contribution in [0.5, 0.6) is 0 Å². The molecule has 0 atom stereocenters. The van der Waals surface area contributed by atoms with E-state index in [1.165, 1.54) is 6.33 Å². The SMILES string of the molecule is Nc1ccc(Cn2nnc3c(=O)[nH]cnc32)cc1. The van der Waals surface area contributed by atoms with Crippen LogP contribution in [0.3, 0.4) is 0 Å². The molecule has 0 fully saturated rings. The van der Waals surface area contributed by atoms with Crippen molar-refractivity contribution in [3.05, 3.63) is 46.5 Å². The molecule has 0 saturated heterocycles. The van der Waals surface area contributed by atoms with Gasteiger partial charge in [0.25, 0.3) is 5.56 Å². The van der Waals surface area contributed by atoms with Gasteiger partial charge in [-0.3, -0.25) is 4.79 Å². The van der Waals surface area contributed by atoms with Crippen LogP contribution in [0, 0.1) is 0 Å². The molecule has 7 nitrogen and oxygen atoms in total. The first kappa shape index (κ1) is 10.5. The quantitative estimate of drug-likeness (QED) is 0.622. The van der Waals surface area contributed by atoms with Gasteiger partial charge in [0.1, 0.15) is 0 Å². The Labute approximate surface area is 101 Å². The van der Waals surface area contributed by atoms with E-state index in [1.54, 1.807) is 4.68 Å². The molecule has 3 N–H and O–H groups in total. The lowest BCUT2D eigenvalue weighted by Gasteiger charge is -2.02. The third kappa shape index (κ3) is 1.71. The van der Waals surface area contributed by atoms with Crippen LogP contribution < -0.4 is 11.3 Å². The van der Waals surface area contributed by atoms with Gasteiger partial charge in [-0.25, -0.2) is 9.67 Å². The van der Waals surface area contributed by atoms with Crippen LogP contribution in [0.2, 0.25) is 0 Å². The molecule has 0 radical (unpaired) electrons. The summed E-state index contributed by atoms with van der Waals surface area (Å²) in [6.07, 6.45) is 1.34. The van der Waals surface area contributed by atoms with Gasteiger partial charge >= 0.3 is 0 Å². The van der Waals surface area contributed by atoms with Gasteiger partial charge in [-0.05, 0) is 17.7 Å². The number of nitrogens with two attached hydrogens (primary N) is 1. The maximum Gasteiger partial charge on any atom is 0.280 e. The fourth-order valence-electron chi connectivity index (χ4n) is 1.71. The van der Waals surface area contributed by atoms with Gasteiger partial charge in [0.2, 0.25) is 0 Å². The topological polar surface area (TPSA) is 102 Å². The third-order valence-corrected chi connectivity index (χ3v) is 2.62. The van der Waals surface area contributed by atoms with E-state index in [9.17, 15) is 4.79 Å². The first-order valence-electron chi connectivity index (χ1n) is 5.35. The maximum atomic E-state index is 11.5. The Hall–Kier alpha value is -2.70. The number of anilines is 1. The fraction of sp³-hybridized carbons (Fsp3) is 0.0909. The van der Waals surface area contributed by atoms with E-state index in [0.29, 0.717) is 17.9 Å². The predicted molar refractivity (Wildman–Crippen MR) is 65.9 cm³/mol. The molecule has 0 unspecified atom stereocenters. The molecule has 0 aliphatic heterocycles. The van der Waals surface area contributed by atoms with Crippen molar-refractivity contribution in [1.29, 1.82) is 0 Å². The molecule has 0 spiro atoms. The number of hydrogen-bond acceptors (Lipinski definition) is 5. The van der Waals surface area contributed by atoms with Crippen LogP contribution in [0.4, 0.5) is 5.69 Å². The minimum Gasteiger partial charge on any atom is -0.399 e. The molecule has 0 aliphatic carbocycles. The first-order valence-corrected chi connectivity index (χ1v) is 5.35. The lowest BCUT2D eigenvalue weighted by atomic mass is 10.2. The van der Waals surface area contributed by atoms with Crippen LogP contribution >= 0.6 is 0 Å². The molecule has 3 rings (SSSR count). The highest BCUT2D eigenvalue weighted by atomic mass is 16.1. The zero-order chi connectivity index (χ0) is 12.5. The number of aromatic nitrogens is 5. The van der Waals surface area contributed by atoms with E-state index in [0.717, 1.165) is 5.56 Å². The Balaban J connectivity index is 2.03. The maximum absolute atomic E-state index is 11.5. The van der Waals surface area contributed by atoms with Crippen LogP contribution in [-0.2, 0) is 6.54 Å². The van der Waals surface area contributed by atoms with Crippen LogP contribution in [0.15, 0.2) is 35.4 Å². The van der Waals surface area contributed by atoms with Gasteiger partial charge in [0, 0.05) is 5.69 Å². The predicted octanol–water partition coefficient (Wildman–Crippen LogP) is 0.145. The molecule has 2 aromatic heterocycles. The molecule has 0 amide bonds. The van der Waals surface area contributed by atoms with Gasteiger partial charge in [-0.15, -0.1) is 5.10 Å². The van der Waals surface area contributed by atoms with E-state index in [1.807, 2.05) is 24.3 Å². The van der Waals surface area contributed by atoms with Gasteiger partial charge in [-0.1, -0.05) is 17.3 Å². The molecule has 0 aliphatic rings. The number of H-pyrrole nitrogens is 1. The van der Waals surface area contributed by atoms with E-state index < -0.39 is 0 Å². The summed E-state index contributed by atoms with van der Waals surface area (Å²) < 4.78 is 1.58. The molecule has 1 aromatic carbocycles. The lowest BCUT2D eigenvalue weighted by molar-refractivity contribution is 0.664. The fourth-order valence-corrected chi connectivity index (χ4v) is 1.71. The van der Waals surface area contributed by atoms with E-state index >= 15 is 0 Å². The minimum atomic E-state index is -0.288. The van der Waals surface area contributed by atoms with Gasteiger partial charge < -0.3 is 10.7 Å². The van der Waals surface area contributed by atoms with Crippen molar-refractivity contribution in [3.8, 4) is 0 Å².